The molecule has 1 aromatic rings. The van der Waals surface area contributed by atoms with Gasteiger partial charge in [0.15, 0.2) is 26.4 Å². The minimum absolute atomic E-state index is 0.0586. The minimum atomic E-state index is -2.96. The number of ether oxygens (including phenoxy) is 2. The molecular weight excluding hydrogens is 374 g/mol. The highest BCUT2D eigenvalue weighted by Gasteiger charge is 2.33. The molecule has 3 rings (SSSR count). The summed E-state index contributed by atoms with van der Waals surface area (Å²) in [6, 6.07) is 5.72. The van der Waals surface area contributed by atoms with E-state index in [4.69, 9.17) is 21.7 Å². The molecule has 1 atom stereocenters. The van der Waals surface area contributed by atoms with E-state index in [1.807, 2.05) is 37.2 Å². The molecule has 1 N–H and O–H groups in total. The van der Waals surface area contributed by atoms with E-state index < -0.39 is 9.84 Å². The lowest BCUT2D eigenvalue weighted by Gasteiger charge is -2.32. The molecule has 0 radical (unpaired) electrons. The number of nitrogens with one attached hydrogen (secondary N) is 1. The van der Waals surface area contributed by atoms with Gasteiger partial charge in [0, 0.05) is 25.7 Å². The van der Waals surface area contributed by atoms with E-state index >= 15 is 0 Å². The van der Waals surface area contributed by atoms with Crippen LogP contribution >= 0.6 is 12.2 Å². The summed E-state index contributed by atoms with van der Waals surface area (Å²) in [5.74, 6) is 1.90. The Bertz CT molecular complexity index is 767. The van der Waals surface area contributed by atoms with Gasteiger partial charge in [-0.15, -0.1) is 0 Å². The van der Waals surface area contributed by atoms with Gasteiger partial charge in [-0.3, -0.25) is 0 Å². The van der Waals surface area contributed by atoms with Crippen LogP contribution in [0.3, 0.4) is 0 Å². The Labute approximate surface area is 160 Å². The quantitative estimate of drug-likeness (QED) is 0.706. The summed E-state index contributed by atoms with van der Waals surface area (Å²) < 4.78 is 34.5. The van der Waals surface area contributed by atoms with Gasteiger partial charge >= 0.3 is 0 Å². The molecule has 0 bridgehead atoms. The van der Waals surface area contributed by atoms with Gasteiger partial charge in [-0.2, -0.15) is 0 Å². The average Bonchev–Trinajstić information content (AvgIpc) is 3.18. The highest BCUT2D eigenvalue weighted by Crippen LogP contribution is 2.32. The molecule has 1 aromatic carbocycles. The number of benzene rings is 1. The molecular formula is C17H25N3O4S2. The van der Waals surface area contributed by atoms with E-state index in [2.05, 4.69) is 10.2 Å². The van der Waals surface area contributed by atoms with Crippen molar-refractivity contribution in [1.29, 1.82) is 0 Å². The van der Waals surface area contributed by atoms with Gasteiger partial charge in [-0.1, -0.05) is 6.07 Å². The summed E-state index contributed by atoms with van der Waals surface area (Å²) in [4.78, 5) is 4.09. The molecule has 26 heavy (non-hydrogen) atoms. The average molecular weight is 400 g/mol. The van der Waals surface area contributed by atoms with Gasteiger partial charge in [0.2, 0.25) is 6.79 Å². The maximum absolute atomic E-state index is 11.9. The summed E-state index contributed by atoms with van der Waals surface area (Å²) in [5, 5.41) is 3.86. The molecule has 9 heteroatoms. The highest BCUT2D eigenvalue weighted by atomic mass is 32.2. The van der Waals surface area contributed by atoms with Crippen LogP contribution in [-0.4, -0.2) is 74.9 Å². The molecule has 0 unspecified atom stereocenters. The summed E-state index contributed by atoms with van der Waals surface area (Å²) in [7, 11) is 1.03. The molecule has 1 fully saturated rings. The summed E-state index contributed by atoms with van der Waals surface area (Å²) in [6.45, 7) is 2.30. The van der Waals surface area contributed by atoms with Crippen LogP contribution in [-0.2, 0) is 16.4 Å². The number of likely N-dealkylation sites (N-methyl/N-ethyl adjacent to an activating group) is 1. The first-order chi connectivity index (χ1) is 12.3. The first-order valence-corrected chi connectivity index (χ1v) is 10.9. The molecule has 0 aliphatic carbocycles. The molecule has 144 valence electrons. The van der Waals surface area contributed by atoms with Gasteiger partial charge in [0.05, 0.1) is 11.5 Å². The second kappa shape index (κ2) is 7.98. The van der Waals surface area contributed by atoms with Crippen LogP contribution in [0.5, 0.6) is 11.5 Å². The van der Waals surface area contributed by atoms with Gasteiger partial charge in [0.25, 0.3) is 0 Å². The van der Waals surface area contributed by atoms with E-state index in [9.17, 15) is 8.42 Å². The summed E-state index contributed by atoms with van der Waals surface area (Å²) in [5.41, 5.74) is 1.03. The second-order valence-corrected chi connectivity index (χ2v) is 9.52. The van der Waals surface area contributed by atoms with Crippen LogP contribution in [0.15, 0.2) is 18.2 Å². The van der Waals surface area contributed by atoms with Gasteiger partial charge in [0.1, 0.15) is 0 Å². The lowest BCUT2D eigenvalue weighted by molar-refractivity contribution is 0.174. The van der Waals surface area contributed by atoms with Crippen molar-refractivity contribution in [3.63, 3.8) is 0 Å². The Kier molecular flexibility index (Phi) is 5.89. The van der Waals surface area contributed by atoms with Crippen LogP contribution in [0.4, 0.5) is 0 Å². The Balaban J connectivity index is 1.63. The zero-order valence-corrected chi connectivity index (χ0v) is 16.7. The van der Waals surface area contributed by atoms with Crippen LogP contribution in [0.1, 0.15) is 12.0 Å². The van der Waals surface area contributed by atoms with Crippen LogP contribution < -0.4 is 14.8 Å². The van der Waals surface area contributed by atoms with Crippen LogP contribution in [0.25, 0.3) is 0 Å². The third kappa shape index (κ3) is 4.77. The molecule has 2 heterocycles. The van der Waals surface area contributed by atoms with E-state index in [-0.39, 0.29) is 24.3 Å². The van der Waals surface area contributed by atoms with E-state index in [0.717, 1.165) is 23.6 Å². The number of hydrogen-bond acceptors (Lipinski definition) is 6. The molecule has 2 aliphatic rings. The topological polar surface area (TPSA) is 71.1 Å². The predicted octanol–water partition coefficient (Wildman–Crippen LogP) is 0.841. The number of hydrogen-bond donors (Lipinski definition) is 1. The van der Waals surface area contributed by atoms with Crippen LogP contribution in [0, 0.1) is 0 Å². The molecule has 7 nitrogen and oxygen atoms in total. The third-order valence-corrected chi connectivity index (χ3v) is 6.71. The predicted molar refractivity (Wildman–Crippen MR) is 104 cm³/mol. The standard InChI is InChI=1S/C17H25N3O4S2/c1-19(2)6-7-20(14-5-8-26(21,22)11-14)17(25)18-10-13-3-4-15-16(9-13)24-12-23-15/h3-4,9,14H,5-8,10-12H2,1-2H3,(H,18,25)/t14-/m0/s1. The number of rotatable bonds is 6. The zero-order valence-electron chi connectivity index (χ0n) is 15.1. The van der Waals surface area contributed by atoms with E-state index in [0.29, 0.717) is 24.6 Å². The summed E-state index contributed by atoms with van der Waals surface area (Å²) >= 11 is 5.58. The van der Waals surface area contributed by atoms with E-state index in [1.165, 1.54) is 0 Å². The van der Waals surface area contributed by atoms with Crippen molar-refractivity contribution in [3.05, 3.63) is 23.8 Å². The molecule has 0 amide bonds. The van der Waals surface area contributed by atoms with Crippen molar-refractivity contribution in [3.8, 4) is 11.5 Å². The number of nitrogens with zero attached hydrogens (tertiary/aromatic N) is 2. The van der Waals surface area contributed by atoms with Crippen LogP contribution in [0.2, 0.25) is 0 Å². The maximum atomic E-state index is 11.9. The van der Waals surface area contributed by atoms with Crippen molar-refractivity contribution < 1.29 is 17.9 Å². The van der Waals surface area contributed by atoms with Gasteiger partial charge in [-0.25, -0.2) is 8.42 Å². The van der Waals surface area contributed by atoms with Crippen molar-refractivity contribution in [2.75, 3.05) is 45.5 Å². The normalized spacial score (nSPS) is 20.3. The molecule has 1 saturated heterocycles. The Morgan fingerprint density at radius 1 is 1.27 bits per heavy atom. The first kappa shape index (κ1) is 19.2. The first-order valence-electron chi connectivity index (χ1n) is 8.62. The Hall–Kier alpha value is -1.58. The summed E-state index contributed by atoms with van der Waals surface area (Å²) in [6.07, 6.45) is 0.627. The van der Waals surface area contributed by atoms with Crippen molar-refractivity contribution >= 4 is 27.2 Å². The smallest absolute Gasteiger partial charge is 0.231 e. The number of fused-ring (bicyclic) bond motifs is 1. The monoisotopic (exact) mass is 399 g/mol. The van der Waals surface area contributed by atoms with Gasteiger partial charge < -0.3 is 24.6 Å². The SMILES string of the molecule is CN(C)CCN(C(=S)NCc1ccc2c(c1)OCO2)[C@H]1CCS(=O)(=O)C1. The Morgan fingerprint density at radius 3 is 2.73 bits per heavy atom. The number of thiocarbonyl (C=S) groups is 1. The fourth-order valence-electron chi connectivity index (χ4n) is 3.11. The van der Waals surface area contributed by atoms with Crippen molar-refractivity contribution in [2.24, 2.45) is 0 Å². The molecule has 0 spiro atoms. The molecule has 0 aromatic heterocycles. The molecule has 2 aliphatic heterocycles. The van der Waals surface area contributed by atoms with E-state index in [1.54, 1.807) is 0 Å². The molecule has 0 saturated carbocycles. The fraction of sp³-hybridized carbons (Fsp3) is 0.588. The highest BCUT2D eigenvalue weighted by molar-refractivity contribution is 7.91. The minimum Gasteiger partial charge on any atom is -0.454 e. The number of sulfone groups is 1. The third-order valence-electron chi connectivity index (χ3n) is 4.58. The lowest BCUT2D eigenvalue weighted by Crippen LogP contribution is -2.48. The Morgan fingerprint density at radius 2 is 2.04 bits per heavy atom. The zero-order chi connectivity index (χ0) is 18.7. The maximum Gasteiger partial charge on any atom is 0.231 e. The van der Waals surface area contributed by atoms with Crippen molar-refractivity contribution in [1.82, 2.24) is 15.1 Å². The van der Waals surface area contributed by atoms with Crippen molar-refractivity contribution in [2.45, 2.75) is 19.0 Å². The fourth-order valence-corrected chi connectivity index (χ4v) is 5.15. The van der Waals surface area contributed by atoms with Gasteiger partial charge in [-0.05, 0) is 50.4 Å². The second-order valence-electron chi connectivity index (χ2n) is 6.90. The lowest BCUT2D eigenvalue weighted by atomic mass is 10.2. The largest absolute Gasteiger partial charge is 0.454 e.